The molecule has 0 aliphatic carbocycles. The Morgan fingerprint density at radius 3 is 0.615 bits per heavy atom. The molecule has 13 heavy (non-hydrogen) atoms. The quantitative estimate of drug-likeness (QED) is 0.215. The maximum atomic E-state index is 8.52. The summed E-state index contributed by atoms with van der Waals surface area (Å²) in [6.45, 7) is 0. The van der Waals surface area contributed by atoms with Crippen LogP contribution in [0.25, 0.3) is 0 Å². The molecule has 0 fully saturated rings. The molecule has 0 bridgehead atoms. The number of hydrogen-bond donors (Lipinski definition) is 0. The maximum Gasteiger partial charge on any atom is 2.00 e. The predicted molar refractivity (Wildman–Crippen MR) is 26.7 cm³/mol. The van der Waals surface area contributed by atoms with Gasteiger partial charge in [0, 0.05) is 20.8 Å². The Morgan fingerprint density at radius 2 is 0.615 bits per heavy atom. The van der Waals surface area contributed by atoms with Crippen molar-refractivity contribution in [2.75, 3.05) is 0 Å². The summed E-state index contributed by atoms with van der Waals surface area (Å²) in [5, 5.41) is 0. The van der Waals surface area contributed by atoms with Crippen LogP contribution in [-0.2, 0) is 65.6 Å². The maximum absolute atomic E-state index is 8.52. The van der Waals surface area contributed by atoms with Crippen LogP contribution in [0.3, 0.4) is 0 Å². The summed E-state index contributed by atoms with van der Waals surface area (Å²) >= 11 is 0. The molecule has 0 aromatic rings. The van der Waals surface area contributed by atoms with E-state index in [4.69, 9.17) is 35.0 Å². The van der Waals surface area contributed by atoms with Crippen LogP contribution in [0, 0.1) is 0 Å². The fourth-order valence-corrected chi connectivity index (χ4v) is 0. The SMILES string of the molecule is O=S(=O)([O-])[O-].O=S(=O)([O-])[O-].[Ag+].[Ag+].[Ca+2]. The topological polar surface area (TPSA) is 161 Å². The Labute approximate surface area is 136 Å². The first-order valence-electron chi connectivity index (χ1n) is 1.33. The summed E-state index contributed by atoms with van der Waals surface area (Å²) in [5.74, 6) is 0. The molecular formula is Ag2CaO8S2. The Bertz CT molecular complexity index is 217. The molecule has 0 atom stereocenters. The summed E-state index contributed by atoms with van der Waals surface area (Å²) < 4.78 is 68.2. The van der Waals surface area contributed by atoms with Crippen LogP contribution in [0.2, 0.25) is 0 Å². The Hall–Kier alpha value is 2.48. The molecule has 0 aromatic heterocycles. The summed E-state index contributed by atoms with van der Waals surface area (Å²) in [6, 6.07) is 0. The van der Waals surface area contributed by atoms with Gasteiger partial charge in [-0.15, -0.1) is 0 Å². The average molecular weight is 448 g/mol. The van der Waals surface area contributed by atoms with Gasteiger partial charge in [0.2, 0.25) is 0 Å². The van der Waals surface area contributed by atoms with Gasteiger partial charge in [-0.1, -0.05) is 0 Å². The van der Waals surface area contributed by atoms with Crippen LogP contribution in [0.1, 0.15) is 0 Å². The molecule has 0 aliphatic rings. The van der Waals surface area contributed by atoms with Gasteiger partial charge in [-0.05, 0) is 0 Å². The van der Waals surface area contributed by atoms with E-state index in [0.29, 0.717) is 0 Å². The summed E-state index contributed by atoms with van der Waals surface area (Å²) in [5.41, 5.74) is 0. The van der Waals surface area contributed by atoms with Crippen LogP contribution in [0.4, 0.5) is 0 Å². The minimum Gasteiger partial charge on any atom is -0.759 e. The van der Waals surface area contributed by atoms with Crippen molar-refractivity contribution in [1.82, 2.24) is 0 Å². The summed E-state index contributed by atoms with van der Waals surface area (Å²) in [6.07, 6.45) is 0. The van der Waals surface area contributed by atoms with Crippen molar-refractivity contribution in [3.63, 3.8) is 0 Å². The summed E-state index contributed by atoms with van der Waals surface area (Å²) in [4.78, 5) is 0. The van der Waals surface area contributed by atoms with Gasteiger partial charge in [0.15, 0.2) is 0 Å². The average Bonchev–Trinajstić information content (AvgIpc) is 1.12. The number of hydrogen-bond acceptors (Lipinski definition) is 8. The van der Waals surface area contributed by atoms with Crippen LogP contribution < -0.4 is 0 Å². The molecule has 8 nitrogen and oxygen atoms in total. The van der Waals surface area contributed by atoms with E-state index >= 15 is 0 Å². The van der Waals surface area contributed by atoms with E-state index in [9.17, 15) is 0 Å². The second-order valence-corrected chi connectivity index (χ2v) is 2.45. The molecule has 0 spiro atoms. The van der Waals surface area contributed by atoms with E-state index in [0.717, 1.165) is 0 Å². The Kier molecular flexibility index (Phi) is 28.5. The second kappa shape index (κ2) is 12.5. The summed E-state index contributed by atoms with van der Waals surface area (Å²) in [7, 11) is -10.3. The first-order valence-corrected chi connectivity index (χ1v) is 4.00. The third-order valence-corrected chi connectivity index (χ3v) is 0. The van der Waals surface area contributed by atoms with Gasteiger partial charge in [0.25, 0.3) is 0 Å². The molecule has 0 unspecified atom stereocenters. The molecule has 0 N–H and O–H groups in total. The second-order valence-electron chi connectivity index (χ2n) is 0.816. The zero-order chi connectivity index (χ0) is 9.00. The minimum absolute atomic E-state index is 0. The van der Waals surface area contributed by atoms with Gasteiger partial charge in [-0.25, -0.2) is 0 Å². The van der Waals surface area contributed by atoms with Gasteiger partial charge < -0.3 is 18.2 Å². The normalized spacial score (nSPS) is 8.92. The van der Waals surface area contributed by atoms with Gasteiger partial charge in [-0.3, -0.25) is 16.8 Å². The van der Waals surface area contributed by atoms with Crippen LogP contribution in [-0.4, -0.2) is 72.8 Å². The van der Waals surface area contributed by atoms with Crippen LogP contribution >= 0.6 is 0 Å². The monoisotopic (exact) mass is 446 g/mol. The Morgan fingerprint density at radius 1 is 0.615 bits per heavy atom. The molecule has 0 radical (unpaired) electrons. The van der Waals surface area contributed by atoms with Crippen molar-refractivity contribution >= 4 is 58.5 Å². The molecular weight excluding hydrogens is 448 g/mol. The van der Waals surface area contributed by atoms with Crippen molar-refractivity contribution in [3.8, 4) is 0 Å². The van der Waals surface area contributed by atoms with E-state index in [2.05, 4.69) is 0 Å². The zero-order valence-electron chi connectivity index (χ0n) is 5.39. The van der Waals surface area contributed by atoms with Gasteiger partial charge in [0.1, 0.15) is 0 Å². The van der Waals surface area contributed by atoms with Gasteiger partial charge >= 0.3 is 82.5 Å². The molecule has 0 aliphatic heterocycles. The van der Waals surface area contributed by atoms with E-state index < -0.39 is 20.8 Å². The first kappa shape index (κ1) is 29.6. The third-order valence-electron chi connectivity index (χ3n) is 0. The van der Waals surface area contributed by atoms with Gasteiger partial charge in [-0.2, -0.15) is 0 Å². The fraction of sp³-hybridized carbons (Fsp3) is 0. The van der Waals surface area contributed by atoms with Crippen molar-refractivity contribution in [2.45, 2.75) is 0 Å². The molecule has 0 heterocycles. The van der Waals surface area contributed by atoms with E-state index in [1.54, 1.807) is 0 Å². The standard InChI is InChI=1S/2Ag.Ca.2H2O4S/c;;;2*1-5(2,3)4/h;;;2*(H2,1,2,3,4)/q2*+1;+2;;/p-4. The Balaban J connectivity index is -0.0000000267. The first-order chi connectivity index (χ1) is 4.00. The molecule has 0 saturated heterocycles. The number of rotatable bonds is 0. The van der Waals surface area contributed by atoms with Crippen molar-refractivity contribution < 1.29 is 79.8 Å². The third kappa shape index (κ3) is 367. The fourth-order valence-electron chi connectivity index (χ4n) is 0. The van der Waals surface area contributed by atoms with E-state index in [1.807, 2.05) is 0 Å². The van der Waals surface area contributed by atoms with Crippen molar-refractivity contribution in [2.24, 2.45) is 0 Å². The van der Waals surface area contributed by atoms with Crippen molar-refractivity contribution in [3.05, 3.63) is 0 Å². The predicted octanol–water partition coefficient (Wildman–Crippen LogP) is -3.06. The van der Waals surface area contributed by atoms with Crippen LogP contribution in [0.5, 0.6) is 0 Å². The smallest absolute Gasteiger partial charge is 0.759 e. The molecule has 0 aromatic carbocycles. The zero-order valence-corrected chi connectivity index (χ0v) is 12.2. The van der Waals surface area contributed by atoms with Crippen molar-refractivity contribution in [1.29, 1.82) is 0 Å². The van der Waals surface area contributed by atoms with E-state index in [-0.39, 0.29) is 82.5 Å². The van der Waals surface area contributed by atoms with E-state index in [1.165, 1.54) is 0 Å². The molecule has 0 amide bonds. The van der Waals surface area contributed by atoms with Crippen LogP contribution in [0.15, 0.2) is 0 Å². The molecule has 0 rings (SSSR count). The molecule has 84 valence electrons. The molecule has 13 heteroatoms. The largest absolute Gasteiger partial charge is 2.00 e. The minimum atomic E-state index is -5.17. The molecule has 0 saturated carbocycles. The van der Waals surface area contributed by atoms with Gasteiger partial charge in [0.05, 0.1) is 0 Å².